The van der Waals surface area contributed by atoms with Crippen LogP contribution in [-0.2, 0) is 22.4 Å². The number of carbonyl (C=O) groups excluding carboxylic acids is 2. The fourth-order valence-electron chi connectivity index (χ4n) is 2.60. The van der Waals surface area contributed by atoms with E-state index in [1.54, 1.807) is 6.92 Å². The van der Waals surface area contributed by atoms with Crippen LogP contribution >= 0.6 is 34.4 Å². The van der Waals surface area contributed by atoms with Gasteiger partial charge in [0.15, 0.2) is 4.34 Å². The molecule has 0 unspecified atom stereocenters. The van der Waals surface area contributed by atoms with Gasteiger partial charge < -0.3 is 10.1 Å². The minimum absolute atomic E-state index is 0.127. The summed E-state index contributed by atoms with van der Waals surface area (Å²) in [5.74, 6) is -0.189. The number of anilines is 1. The van der Waals surface area contributed by atoms with Crippen LogP contribution in [0.1, 0.15) is 39.8 Å². The zero-order chi connectivity index (χ0) is 17.1. The van der Waals surface area contributed by atoms with Crippen molar-refractivity contribution in [2.45, 2.75) is 37.4 Å². The number of thiophene rings is 1. The molecule has 5 nitrogen and oxygen atoms in total. The van der Waals surface area contributed by atoms with Gasteiger partial charge in [-0.1, -0.05) is 11.8 Å². The van der Waals surface area contributed by atoms with Gasteiger partial charge in [0.25, 0.3) is 0 Å². The van der Waals surface area contributed by atoms with Crippen LogP contribution in [0.3, 0.4) is 0 Å². The maximum atomic E-state index is 12.3. The van der Waals surface area contributed by atoms with Crippen LogP contribution in [0.15, 0.2) is 9.72 Å². The highest BCUT2D eigenvalue weighted by Crippen LogP contribution is 2.39. The van der Waals surface area contributed by atoms with Crippen LogP contribution in [0.4, 0.5) is 5.00 Å². The van der Waals surface area contributed by atoms with Gasteiger partial charge in [0.1, 0.15) is 5.00 Å². The SMILES string of the molecule is CCOC(=O)c1c(NC(=O)CSc2nc(C)cs2)sc2c1CCC2. The smallest absolute Gasteiger partial charge is 0.341 e. The summed E-state index contributed by atoms with van der Waals surface area (Å²) in [5, 5.41) is 5.48. The molecule has 1 aliphatic rings. The number of fused-ring (bicyclic) bond motifs is 1. The molecule has 0 saturated heterocycles. The molecule has 1 amide bonds. The predicted octanol–water partition coefficient (Wildman–Crippen LogP) is 3.91. The summed E-state index contributed by atoms with van der Waals surface area (Å²) in [4.78, 5) is 30.0. The van der Waals surface area contributed by atoms with Crippen LogP contribution in [-0.4, -0.2) is 29.2 Å². The molecular formula is C16H18N2O3S3. The van der Waals surface area contributed by atoms with E-state index in [0.717, 1.165) is 34.9 Å². The first kappa shape index (κ1) is 17.4. The van der Waals surface area contributed by atoms with Crippen molar-refractivity contribution in [1.29, 1.82) is 0 Å². The monoisotopic (exact) mass is 382 g/mol. The molecule has 8 heteroatoms. The minimum Gasteiger partial charge on any atom is -0.462 e. The lowest BCUT2D eigenvalue weighted by atomic mass is 10.1. The van der Waals surface area contributed by atoms with Gasteiger partial charge >= 0.3 is 5.97 Å². The van der Waals surface area contributed by atoms with Crippen LogP contribution in [0.2, 0.25) is 0 Å². The van der Waals surface area contributed by atoms with Gasteiger partial charge in [-0.25, -0.2) is 9.78 Å². The molecule has 0 spiro atoms. The molecule has 2 heterocycles. The first-order valence-corrected chi connectivity index (χ1v) is 10.4. The number of thioether (sulfide) groups is 1. The maximum Gasteiger partial charge on any atom is 0.341 e. The number of aryl methyl sites for hydroxylation is 2. The van der Waals surface area contributed by atoms with E-state index in [1.807, 2.05) is 12.3 Å². The number of hydrogen-bond acceptors (Lipinski definition) is 7. The number of esters is 1. The number of nitrogens with zero attached hydrogens (tertiary/aromatic N) is 1. The highest BCUT2D eigenvalue weighted by atomic mass is 32.2. The van der Waals surface area contributed by atoms with Crippen molar-refractivity contribution in [3.8, 4) is 0 Å². The molecule has 0 atom stereocenters. The topological polar surface area (TPSA) is 68.3 Å². The molecule has 0 saturated carbocycles. The van der Waals surface area contributed by atoms with Crippen LogP contribution in [0.5, 0.6) is 0 Å². The molecule has 1 aliphatic carbocycles. The summed E-state index contributed by atoms with van der Waals surface area (Å²) in [6, 6.07) is 0. The number of hydrogen-bond donors (Lipinski definition) is 1. The van der Waals surface area contributed by atoms with Crippen molar-refractivity contribution in [3.05, 3.63) is 27.1 Å². The number of aromatic nitrogens is 1. The fraction of sp³-hybridized carbons (Fsp3) is 0.438. The zero-order valence-corrected chi connectivity index (χ0v) is 16.0. The molecule has 0 aromatic carbocycles. The van der Waals surface area contributed by atoms with Gasteiger partial charge in [-0.2, -0.15) is 0 Å². The second kappa shape index (κ2) is 7.67. The van der Waals surface area contributed by atoms with Gasteiger partial charge in [0.2, 0.25) is 5.91 Å². The lowest BCUT2D eigenvalue weighted by Gasteiger charge is -2.07. The van der Waals surface area contributed by atoms with Crippen molar-refractivity contribution in [1.82, 2.24) is 4.98 Å². The van der Waals surface area contributed by atoms with Crippen LogP contribution < -0.4 is 5.32 Å². The van der Waals surface area contributed by atoms with Gasteiger partial charge in [0, 0.05) is 16.0 Å². The van der Waals surface area contributed by atoms with Gasteiger partial charge in [-0.05, 0) is 38.7 Å². The van der Waals surface area contributed by atoms with Crippen LogP contribution in [0.25, 0.3) is 0 Å². The minimum atomic E-state index is -0.338. The first-order chi connectivity index (χ1) is 11.6. The number of nitrogens with one attached hydrogen (secondary N) is 1. The molecule has 128 valence electrons. The Morgan fingerprint density at radius 2 is 2.25 bits per heavy atom. The second-order valence-corrected chi connectivity index (χ2v) is 8.56. The van der Waals surface area contributed by atoms with Crippen molar-refractivity contribution in [3.63, 3.8) is 0 Å². The number of rotatable bonds is 6. The molecule has 0 aliphatic heterocycles. The molecular weight excluding hydrogens is 364 g/mol. The third-order valence-corrected chi connectivity index (χ3v) is 6.92. The van der Waals surface area contributed by atoms with E-state index in [1.165, 1.54) is 39.3 Å². The normalized spacial score (nSPS) is 12.9. The largest absolute Gasteiger partial charge is 0.462 e. The molecule has 24 heavy (non-hydrogen) atoms. The molecule has 1 N–H and O–H groups in total. The Kier molecular flexibility index (Phi) is 5.57. The quantitative estimate of drug-likeness (QED) is 0.606. The van der Waals surface area contributed by atoms with Gasteiger partial charge in [-0.15, -0.1) is 22.7 Å². The Morgan fingerprint density at radius 3 is 2.96 bits per heavy atom. The number of carbonyl (C=O) groups is 2. The lowest BCUT2D eigenvalue weighted by Crippen LogP contribution is -2.16. The lowest BCUT2D eigenvalue weighted by molar-refractivity contribution is -0.113. The third-order valence-electron chi connectivity index (χ3n) is 3.58. The Balaban J connectivity index is 1.70. The average molecular weight is 383 g/mol. The van der Waals surface area contributed by atoms with Crippen molar-refractivity contribution >= 4 is 51.3 Å². The van der Waals surface area contributed by atoms with Gasteiger partial charge in [0.05, 0.1) is 17.9 Å². The number of ether oxygens (including phenoxy) is 1. The highest BCUT2D eigenvalue weighted by molar-refractivity contribution is 8.01. The predicted molar refractivity (Wildman–Crippen MR) is 98.5 cm³/mol. The molecule has 2 aromatic heterocycles. The fourth-order valence-corrected chi connectivity index (χ4v) is 5.54. The first-order valence-electron chi connectivity index (χ1n) is 7.75. The summed E-state index contributed by atoms with van der Waals surface area (Å²) < 4.78 is 6.05. The second-order valence-electron chi connectivity index (χ2n) is 5.37. The van der Waals surface area contributed by atoms with E-state index in [-0.39, 0.29) is 17.6 Å². The molecule has 2 aromatic rings. The standard InChI is InChI=1S/C16H18N2O3S3/c1-3-21-15(20)13-10-5-4-6-11(10)24-14(13)18-12(19)8-23-16-17-9(2)7-22-16/h7H,3-6,8H2,1-2H3,(H,18,19). The molecule has 0 bridgehead atoms. The zero-order valence-electron chi connectivity index (χ0n) is 13.5. The van der Waals surface area contributed by atoms with E-state index < -0.39 is 0 Å². The summed E-state index contributed by atoms with van der Waals surface area (Å²) in [6.45, 7) is 4.05. The van der Waals surface area contributed by atoms with E-state index in [4.69, 9.17) is 4.74 Å². The van der Waals surface area contributed by atoms with Crippen molar-refractivity contribution in [2.75, 3.05) is 17.7 Å². The van der Waals surface area contributed by atoms with E-state index in [0.29, 0.717) is 17.2 Å². The Labute approximate surface area is 152 Å². The third kappa shape index (κ3) is 3.81. The summed E-state index contributed by atoms with van der Waals surface area (Å²) in [7, 11) is 0. The van der Waals surface area contributed by atoms with E-state index >= 15 is 0 Å². The Bertz CT molecular complexity index is 767. The van der Waals surface area contributed by atoms with E-state index in [9.17, 15) is 9.59 Å². The van der Waals surface area contributed by atoms with Crippen molar-refractivity contribution in [2.24, 2.45) is 0 Å². The van der Waals surface area contributed by atoms with Crippen LogP contribution in [0, 0.1) is 6.92 Å². The summed E-state index contributed by atoms with van der Waals surface area (Å²) in [6.07, 6.45) is 2.90. The number of thiazole rings is 1. The van der Waals surface area contributed by atoms with Gasteiger partial charge in [-0.3, -0.25) is 4.79 Å². The summed E-state index contributed by atoms with van der Waals surface area (Å²) in [5.41, 5.74) is 2.57. The molecule has 0 fully saturated rings. The Hall–Kier alpha value is -1.38. The highest BCUT2D eigenvalue weighted by Gasteiger charge is 2.28. The number of amides is 1. The average Bonchev–Trinajstić information content (AvgIpc) is 3.21. The maximum absolute atomic E-state index is 12.3. The Morgan fingerprint density at radius 1 is 1.42 bits per heavy atom. The summed E-state index contributed by atoms with van der Waals surface area (Å²) >= 11 is 4.44. The van der Waals surface area contributed by atoms with E-state index in [2.05, 4.69) is 10.3 Å². The molecule has 0 radical (unpaired) electrons. The van der Waals surface area contributed by atoms with Crippen molar-refractivity contribution < 1.29 is 14.3 Å². The molecule has 3 rings (SSSR count).